The van der Waals surface area contributed by atoms with Crippen LogP contribution >= 0.6 is 0 Å². The summed E-state index contributed by atoms with van der Waals surface area (Å²) >= 11 is 0. The molecule has 9 heteroatoms. The molecule has 8 nitrogen and oxygen atoms in total. The number of benzene rings is 2. The van der Waals surface area contributed by atoms with Crippen LogP contribution < -0.4 is 14.5 Å². The van der Waals surface area contributed by atoms with E-state index in [0.717, 1.165) is 17.7 Å². The van der Waals surface area contributed by atoms with E-state index in [1.807, 2.05) is 38.1 Å². The van der Waals surface area contributed by atoms with E-state index in [1.54, 1.807) is 18.2 Å². The Balaban J connectivity index is 1.66. The molecule has 2 aliphatic heterocycles. The molecular formula is C25H35N3O5S. The predicted molar refractivity (Wildman–Crippen MR) is 132 cm³/mol. The molecule has 4 rings (SSSR count). The van der Waals surface area contributed by atoms with Crippen molar-refractivity contribution in [1.82, 2.24) is 5.32 Å². The number of aliphatic hydroxyl groups excluding tert-OH is 2. The van der Waals surface area contributed by atoms with Crippen molar-refractivity contribution in [2.75, 3.05) is 35.4 Å². The van der Waals surface area contributed by atoms with Gasteiger partial charge in [-0.1, -0.05) is 32.9 Å². The maximum absolute atomic E-state index is 13.8. The van der Waals surface area contributed by atoms with Crippen LogP contribution in [0.3, 0.4) is 0 Å². The van der Waals surface area contributed by atoms with Crippen LogP contribution in [0.25, 0.3) is 0 Å². The highest BCUT2D eigenvalue weighted by molar-refractivity contribution is 7.92. The van der Waals surface area contributed by atoms with Crippen molar-refractivity contribution in [3.8, 4) is 0 Å². The smallest absolute Gasteiger partial charge is 0.264 e. The Bertz CT molecular complexity index is 1090. The quantitative estimate of drug-likeness (QED) is 0.524. The summed E-state index contributed by atoms with van der Waals surface area (Å²) in [5.74, 6) is 0.134. The molecule has 3 N–H and O–H groups in total. The molecule has 0 amide bonds. The van der Waals surface area contributed by atoms with Gasteiger partial charge in [-0.15, -0.1) is 0 Å². The number of hydrogen-bond acceptors (Lipinski definition) is 7. The van der Waals surface area contributed by atoms with E-state index >= 15 is 0 Å². The van der Waals surface area contributed by atoms with Crippen molar-refractivity contribution in [2.45, 2.75) is 57.1 Å². The summed E-state index contributed by atoms with van der Waals surface area (Å²) in [4.78, 5) is 2.25. The lowest BCUT2D eigenvalue weighted by Crippen LogP contribution is -2.39. The van der Waals surface area contributed by atoms with Gasteiger partial charge < -0.3 is 19.8 Å². The Hall–Kier alpha value is -2.17. The third-order valence-corrected chi connectivity index (χ3v) is 8.18. The second-order valence-corrected chi connectivity index (χ2v) is 11.3. The lowest BCUT2D eigenvalue weighted by molar-refractivity contribution is -0.0976. The fourth-order valence-electron chi connectivity index (χ4n) is 4.55. The minimum absolute atomic E-state index is 0.134. The molecule has 0 bridgehead atoms. The molecule has 2 heterocycles. The van der Waals surface area contributed by atoms with Gasteiger partial charge in [-0.25, -0.2) is 8.42 Å². The fourth-order valence-corrected chi connectivity index (χ4v) is 6.22. The summed E-state index contributed by atoms with van der Waals surface area (Å²) < 4.78 is 34.5. The molecule has 0 aromatic heterocycles. The molecule has 186 valence electrons. The monoisotopic (exact) mass is 489 g/mol. The molecule has 1 saturated heterocycles. The van der Waals surface area contributed by atoms with Crippen LogP contribution in [0.4, 0.5) is 11.4 Å². The molecule has 2 aliphatic rings. The van der Waals surface area contributed by atoms with E-state index in [9.17, 15) is 18.6 Å². The van der Waals surface area contributed by atoms with Gasteiger partial charge in [0.15, 0.2) is 0 Å². The number of anilines is 2. The Kier molecular flexibility index (Phi) is 7.49. The van der Waals surface area contributed by atoms with Gasteiger partial charge in [0.05, 0.1) is 22.8 Å². The molecule has 0 radical (unpaired) electrons. The maximum Gasteiger partial charge on any atom is 0.264 e. The van der Waals surface area contributed by atoms with Crippen LogP contribution in [0, 0.1) is 5.92 Å². The number of aliphatic hydroxyl groups is 2. The number of hydrogen-bond donors (Lipinski definition) is 3. The number of fused-ring (bicyclic) bond motifs is 1. The van der Waals surface area contributed by atoms with Crippen molar-refractivity contribution < 1.29 is 23.4 Å². The van der Waals surface area contributed by atoms with Crippen LogP contribution in [0.5, 0.6) is 0 Å². The molecule has 34 heavy (non-hydrogen) atoms. The molecule has 2 aromatic carbocycles. The number of aryl methyl sites for hydroxylation is 1. The van der Waals surface area contributed by atoms with Crippen molar-refractivity contribution in [3.05, 3.63) is 53.6 Å². The second kappa shape index (κ2) is 10.2. The highest BCUT2D eigenvalue weighted by atomic mass is 32.2. The van der Waals surface area contributed by atoms with E-state index in [2.05, 4.69) is 17.1 Å². The summed E-state index contributed by atoms with van der Waals surface area (Å²) in [6.45, 7) is 8.11. The first-order valence-electron chi connectivity index (χ1n) is 11.9. The van der Waals surface area contributed by atoms with Crippen molar-refractivity contribution in [2.24, 2.45) is 5.92 Å². The SMILES string of the molecule is CCc1ccc(N(CC(C)C)S(=O)(=O)c2ccc3c(c2)C(O)CCN3CC2CNC(O)O2)cc1. The third-order valence-electron chi connectivity index (χ3n) is 6.39. The average molecular weight is 490 g/mol. The largest absolute Gasteiger partial charge is 0.388 e. The van der Waals surface area contributed by atoms with Crippen molar-refractivity contribution >= 4 is 21.4 Å². The molecular weight excluding hydrogens is 454 g/mol. The molecule has 0 spiro atoms. The van der Waals surface area contributed by atoms with Crippen LogP contribution in [0.15, 0.2) is 47.4 Å². The van der Waals surface area contributed by atoms with E-state index < -0.39 is 22.5 Å². The maximum atomic E-state index is 13.8. The highest BCUT2D eigenvalue weighted by Gasteiger charge is 2.32. The first-order valence-corrected chi connectivity index (χ1v) is 13.4. The molecule has 3 atom stereocenters. The molecule has 0 saturated carbocycles. The minimum Gasteiger partial charge on any atom is -0.388 e. The zero-order valence-corrected chi connectivity index (χ0v) is 20.8. The minimum atomic E-state index is -3.84. The van der Waals surface area contributed by atoms with Crippen LogP contribution in [-0.4, -0.2) is 57.3 Å². The summed E-state index contributed by atoms with van der Waals surface area (Å²) in [7, 11) is -3.84. The van der Waals surface area contributed by atoms with Crippen LogP contribution in [0.2, 0.25) is 0 Å². The number of nitrogens with one attached hydrogen (secondary N) is 1. The Morgan fingerprint density at radius 1 is 1.18 bits per heavy atom. The van der Waals surface area contributed by atoms with Crippen molar-refractivity contribution in [1.29, 1.82) is 0 Å². The first kappa shape index (κ1) is 24.9. The third kappa shape index (κ3) is 5.23. The topological polar surface area (TPSA) is 102 Å². The Labute approximate surface area is 202 Å². The predicted octanol–water partition coefficient (Wildman–Crippen LogP) is 2.61. The summed E-state index contributed by atoms with van der Waals surface area (Å²) in [6, 6.07) is 12.6. The van der Waals surface area contributed by atoms with Gasteiger partial charge >= 0.3 is 0 Å². The first-order chi connectivity index (χ1) is 16.2. The lowest BCUT2D eigenvalue weighted by atomic mass is 9.98. The van der Waals surface area contributed by atoms with E-state index in [-0.39, 0.29) is 16.9 Å². The van der Waals surface area contributed by atoms with Gasteiger partial charge in [0.2, 0.25) is 6.41 Å². The zero-order chi connectivity index (χ0) is 24.5. The van der Waals surface area contributed by atoms with Gasteiger partial charge in [-0.2, -0.15) is 0 Å². The van der Waals surface area contributed by atoms with Crippen LogP contribution in [-0.2, 0) is 21.2 Å². The van der Waals surface area contributed by atoms with Crippen molar-refractivity contribution in [3.63, 3.8) is 0 Å². The highest BCUT2D eigenvalue weighted by Crippen LogP contribution is 2.37. The second-order valence-electron chi connectivity index (χ2n) is 9.44. The number of sulfonamides is 1. The number of rotatable bonds is 8. The molecule has 2 aromatic rings. The van der Waals surface area contributed by atoms with Crippen LogP contribution in [0.1, 0.15) is 44.4 Å². The normalized spacial score (nSPS) is 22.8. The fraction of sp³-hybridized carbons (Fsp3) is 0.520. The van der Waals surface area contributed by atoms with Gasteiger partial charge in [0, 0.05) is 37.4 Å². The summed E-state index contributed by atoms with van der Waals surface area (Å²) in [5, 5.41) is 23.1. The molecule has 0 aliphatic carbocycles. The number of ether oxygens (including phenoxy) is 1. The van der Waals surface area contributed by atoms with E-state index in [4.69, 9.17) is 4.74 Å². The Morgan fingerprint density at radius 2 is 1.91 bits per heavy atom. The lowest BCUT2D eigenvalue weighted by Gasteiger charge is -2.35. The van der Waals surface area contributed by atoms with E-state index in [1.165, 1.54) is 4.31 Å². The van der Waals surface area contributed by atoms with Gasteiger partial charge in [0.25, 0.3) is 10.0 Å². The van der Waals surface area contributed by atoms with Gasteiger partial charge in [-0.3, -0.25) is 9.62 Å². The Morgan fingerprint density at radius 3 is 2.53 bits per heavy atom. The average Bonchev–Trinajstić information content (AvgIpc) is 3.23. The molecule has 1 fully saturated rings. The number of nitrogens with zero attached hydrogens (tertiary/aromatic N) is 2. The van der Waals surface area contributed by atoms with Gasteiger partial charge in [0.1, 0.15) is 0 Å². The van der Waals surface area contributed by atoms with Gasteiger partial charge in [-0.05, 0) is 54.7 Å². The summed E-state index contributed by atoms with van der Waals surface area (Å²) in [5.41, 5.74) is 3.18. The molecule has 3 unspecified atom stereocenters. The standard InChI is InChI=1S/C25H35N3O5S/c1-4-18-5-7-19(8-6-18)28(15-17(2)3)34(31,32)21-9-10-23-22(13-21)24(29)11-12-27(23)16-20-14-26-25(30)33-20/h5-10,13,17,20,24-26,29-30H,4,11-12,14-16H2,1-3H3. The zero-order valence-electron chi connectivity index (χ0n) is 20.0. The summed E-state index contributed by atoms with van der Waals surface area (Å²) in [6.07, 6.45) is -0.512. The van der Waals surface area contributed by atoms with E-state index in [0.29, 0.717) is 43.9 Å².